The summed E-state index contributed by atoms with van der Waals surface area (Å²) in [7, 11) is 0. The normalized spacial score (nSPS) is 14.9. The van der Waals surface area contributed by atoms with E-state index < -0.39 is 11.2 Å². The monoisotopic (exact) mass is 390 g/mol. The zero-order chi connectivity index (χ0) is 20.4. The van der Waals surface area contributed by atoms with E-state index >= 15 is 0 Å². The van der Waals surface area contributed by atoms with Gasteiger partial charge in [0.15, 0.2) is 0 Å². The Bertz CT molecular complexity index is 1130. The van der Waals surface area contributed by atoms with E-state index in [4.69, 9.17) is 0 Å². The molecule has 2 heterocycles. The summed E-state index contributed by atoms with van der Waals surface area (Å²) in [5, 5.41) is 9.62. The van der Waals surface area contributed by atoms with Gasteiger partial charge in [0.05, 0.1) is 16.6 Å². The van der Waals surface area contributed by atoms with Crippen LogP contribution in [0.2, 0.25) is 0 Å². The number of hydrogen-bond donors (Lipinski definition) is 0. The van der Waals surface area contributed by atoms with Gasteiger partial charge < -0.3 is 14.4 Å². The number of benzene rings is 2. The van der Waals surface area contributed by atoms with Gasteiger partial charge in [-0.15, -0.1) is 0 Å². The lowest BCUT2D eigenvalue weighted by Crippen LogP contribution is -2.46. The van der Waals surface area contributed by atoms with Crippen LogP contribution in [0.4, 0.5) is 10.1 Å². The standard InChI is InChI=1S/C23H23FN4O/c1-2-26-8-10-27(11-9-26)22-13-21-19(12-20(22)24)23(29)18(14-25)16-28(21)15-17-6-4-3-5-7-17/h3-7,12-13,16H,2,8-11,15H2,1H3. The largest absolute Gasteiger partial charge is 0.367 e. The number of nitriles is 1. The van der Waals surface area contributed by atoms with E-state index in [1.807, 2.05) is 45.9 Å². The first kappa shape index (κ1) is 19.2. The van der Waals surface area contributed by atoms with Crippen molar-refractivity contribution in [1.29, 1.82) is 5.26 Å². The van der Waals surface area contributed by atoms with Gasteiger partial charge in [-0.25, -0.2) is 4.39 Å². The number of aromatic nitrogens is 1. The average Bonchev–Trinajstić information content (AvgIpc) is 2.76. The molecule has 148 valence electrons. The van der Waals surface area contributed by atoms with E-state index in [1.54, 1.807) is 12.3 Å². The summed E-state index contributed by atoms with van der Waals surface area (Å²) in [5.41, 5.74) is 1.81. The molecule has 1 aliphatic rings. The van der Waals surface area contributed by atoms with E-state index in [1.165, 1.54) is 6.07 Å². The lowest BCUT2D eigenvalue weighted by Gasteiger charge is -2.35. The second-order valence-electron chi connectivity index (χ2n) is 7.34. The fourth-order valence-corrected chi connectivity index (χ4v) is 3.94. The van der Waals surface area contributed by atoms with Crippen LogP contribution in [-0.4, -0.2) is 42.2 Å². The number of hydrogen-bond acceptors (Lipinski definition) is 4. The minimum atomic E-state index is -0.423. The van der Waals surface area contributed by atoms with E-state index in [2.05, 4.69) is 11.8 Å². The smallest absolute Gasteiger partial charge is 0.207 e. The summed E-state index contributed by atoms with van der Waals surface area (Å²) in [6, 6.07) is 14.8. The highest BCUT2D eigenvalue weighted by atomic mass is 19.1. The number of anilines is 1. The Morgan fingerprint density at radius 2 is 1.83 bits per heavy atom. The highest BCUT2D eigenvalue weighted by Crippen LogP contribution is 2.26. The summed E-state index contributed by atoms with van der Waals surface area (Å²) in [6.07, 6.45) is 1.58. The molecule has 0 bridgehead atoms. The number of likely N-dealkylation sites (N-methyl/N-ethyl adjacent to an activating group) is 1. The Morgan fingerprint density at radius 3 is 2.48 bits per heavy atom. The molecule has 0 atom stereocenters. The van der Waals surface area contributed by atoms with Crippen molar-refractivity contribution in [3.8, 4) is 6.07 Å². The summed E-state index contributed by atoms with van der Waals surface area (Å²) in [5.74, 6) is -0.416. The molecule has 0 aliphatic carbocycles. The van der Waals surface area contributed by atoms with Gasteiger partial charge in [-0.1, -0.05) is 37.3 Å². The van der Waals surface area contributed by atoms with Gasteiger partial charge in [0, 0.05) is 38.9 Å². The topological polar surface area (TPSA) is 52.3 Å². The maximum atomic E-state index is 15.0. The summed E-state index contributed by atoms with van der Waals surface area (Å²) < 4.78 is 16.8. The molecule has 2 aromatic carbocycles. The zero-order valence-corrected chi connectivity index (χ0v) is 16.4. The second kappa shape index (κ2) is 8.06. The highest BCUT2D eigenvalue weighted by molar-refractivity contribution is 5.84. The van der Waals surface area contributed by atoms with Crippen LogP contribution in [-0.2, 0) is 6.54 Å². The first-order valence-electron chi connectivity index (χ1n) is 9.88. The van der Waals surface area contributed by atoms with Crippen LogP contribution >= 0.6 is 0 Å². The summed E-state index contributed by atoms with van der Waals surface area (Å²) >= 11 is 0. The first-order chi connectivity index (χ1) is 14.1. The van der Waals surface area contributed by atoms with Crippen LogP contribution in [0.25, 0.3) is 10.9 Å². The predicted molar refractivity (Wildman–Crippen MR) is 113 cm³/mol. The van der Waals surface area contributed by atoms with Gasteiger partial charge in [-0.05, 0) is 24.2 Å². The third kappa shape index (κ3) is 3.74. The molecule has 1 aromatic heterocycles. The molecule has 1 saturated heterocycles. The highest BCUT2D eigenvalue weighted by Gasteiger charge is 2.21. The van der Waals surface area contributed by atoms with Crippen LogP contribution < -0.4 is 10.3 Å². The number of rotatable bonds is 4. The second-order valence-corrected chi connectivity index (χ2v) is 7.34. The Morgan fingerprint density at radius 1 is 1.10 bits per heavy atom. The first-order valence-corrected chi connectivity index (χ1v) is 9.88. The van der Waals surface area contributed by atoms with Crippen molar-refractivity contribution in [2.45, 2.75) is 13.5 Å². The SMILES string of the molecule is CCN1CCN(c2cc3c(cc2F)c(=O)c(C#N)cn3Cc2ccccc2)CC1. The number of halogens is 1. The molecule has 0 radical (unpaired) electrons. The van der Waals surface area contributed by atoms with Crippen molar-refractivity contribution in [2.75, 3.05) is 37.6 Å². The molecular weight excluding hydrogens is 367 g/mol. The van der Waals surface area contributed by atoms with Crippen molar-refractivity contribution >= 4 is 16.6 Å². The maximum Gasteiger partial charge on any atom is 0.207 e. The van der Waals surface area contributed by atoms with Crippen LogP contribution in [0.1, 0.15) is 18.1 Å². The Kier molecular flexibility index (Phi) is 5.32. The fraction of sp³-hybridized carbons (Fsp3) is 0.304. The van der Waals surface area contributed by atoms with Crippen molar-refractivity contribution in [1.82, 2.24) is 9.47 Å². The number of piperazine rings is 1. The lowest BCUT2D eigenvalue weighted by molar-refractivity contribution is 0.270. The van der Waals surface area contributed by atoms with E-state index in [-0.39, 0.29) is 10.9 Å². The molecule has 29 heavy (non-hydrogen) atoms. The Labute approximate surface area is 169 Å². The number of fused-ring (bicyclic) bond motifs is 1. The van der Waals surface area contributed by atoms with Gasteiger partial charge in [0.1, 0.15) is 17.4 Å². The van der Waals surface area contributed by atoms with Crippen molar-refractivity contribution in [2.24, 2.45) is 0 Å². The molecule has 0 amide bonds. The van der Waals surface area contributed by atoms with Crippen LogP contribution in [0.15, 0.2) is 53.5 Å². The molecule has 0 N–H and O–H groups in total. The van der Waals surface area contributed by atoms with Crippen molar-refractivity contribution in [3.05, 3.63) is 75.8 Å². The Balaban J connectivity index is 1.82. The van der Waals surface area contributed by atoms with Crippen LogP contribution in [0.5, 0.6) is 0 Å². The van der Waals surface area contributed by atoms with Crippen molar-refractivity contribution < 1.29 is 4.39 Å². The molecular formula is C23H23FN4O. The molecule has 4 rings (SSSR count). The summed E-state index contributed by atoms with van der Waals surface area (Å²) in [6.45, 7) is 6.88. The molecule has 0 saturated carbocycles. The average molecular weight is 390 g/mol. The molecule has 1 fully saturated rings. The van der Waals surface area contributed by atoms with E-state index in [0.717, 1.165) is 38.3 Å². The molecule has 1 aliphatic heterocycles. The third-order valence-electron chi connectivity index (χ3n) is 5.63. The Hall–Kier alpha value is -3.17. The fourth-order valence-electron chi connectivity index (χ4n) is 3.94. The van der Waals surface area contributed by atoms with Gasteiger partial charge in [0.2, 0.25) is 5.43 Å². The van der Waals surface area contributed by atoms with Gasteiger partial charge >= 0.3 is 0 Å². The van der Waals surface area contributed by atoms with Crippen molar-refractivity contribution in [3.63, 3.8) is 0 Å². The lowest BCUT2D eigenvalue weighted by atomic mass is 10.1. The third-order valence-corrected chi connectivity index (χ3v) is 5.63. The molecule has 5 nitrogen and oxygen atoms in total. The molecule has 6 heteroatoms. The summed E-state index contributed by atoms with van der Waals surface area (Å²) in [4.78, 5) is 17.0. The molecule has 3 aromatic rings. The van der Waals surface area contributed by atoms with E-state index in [9.17, 15) is 14.4 Å². The number of nitrogens with zero attached hydrogens (tertiary/aromatic N) is 4. The minimum absolute atomic E-state index is 0.0251. The number of pyridine rings is 1. The van der Waals surface area contributed by atoms with Crippen LogP contribution in [0.3, 0.4) is 0 Å². The van der Waals surface area contributed by atoms with Crippen LogP contribution in [0, 0.1) is 17.1 Å². The molecule has 0 unspecified atom stereocenters. The minimum Gasteiger partial charge on any atom is -0.367 e. The predicted octanol–water partition coefficient (Wildman–Crippen LogP) is 3.20. The maximum absolute atomic E-state index is 15.0. The molecule has 0 spiro atoms. The quantitative estimate of drug-likeness (QED) is 0.687. The van der Waals surface area contributed by atoms with Gasteiger partial charge in [-0.2, -0.15) is 5.26 Å². The zero-order valence-electron chi connectivity index (χ0n) is 16.4. The van der Waals surface area contributed by atoms with Gasteiger partial charge in [-0.3, -0.25) is 4.79 Å². The van der Waals surface area contributed by atoms with Gasteiger partial charge in [0.25, 0.3) is 0 Å². The van der Waals surface area contributed by atoms with E-state index in [0.29, 0.717) is 17.7 Å².